The van der Waals surface area contributed by atoms with Crippen LogP contribution < -0.4 is 5.32 Å². The first-order valence-corrected chi connectivity index (χ1v) is 11.1. The lowest BCUT2D eigenvalue weighted by atomic mass is 10.0. The molecule has 0 radical (unpaired) electrons. The van der Waals surface area contributed by atoms with Crippen molar-refractivity contribution < 1.29 is 22.0 Å². The van der Waals surface area contributed by atoms with Crippen LogP contribution in [0.1, 0.15) is 48.5 Å². The van der Waals surface area contributed by atoms with Crippen LogP contribution in [0, 0.1) is 18.6 Å². The van der Waals surface area contributed by atoms with Crippen LogP contribution in [0.3, 0.4) is 0 Å². The van der Waals surface area contributed by atoms with E-state index in [9.17, 15) is 22.0 Å². The zero-order valence-corrected chi connectivity index (χ0v) is 17.2. The number of anilines is 1. The number of sulfonamides is 1. The van der Waals surface area contributed by atoms with E-state index in [1.165, 1.54) is 28.6 Å². The Morgan fingerprint density at radius 1 is 1.14 bits per heavy atom. The molecule has 1 aliphatic rings. The summed E-state index contributed by atoms with van der Waals surface area (Å²) in [4.78, 5) is 12.0. The van der Waals surface area contributed by atoms with E-state index in [0.717, 1.165) is 31.4 Å². The van der Waals surface area contributed by atoms with Crippen molar-refractivity contribution in [1.29, 1.82) is 0 Å². The van der Waals surface area contributed by atoms with Crippen molar-refractivity contribution in [2.45, 2.75) is 50.5 Å². The fourth-order valence-electron chi connectivity index (χ4n) is 3.54. The summed E-state index contributed by atoms with van der Waals surface area (Å²) in [6.45, 7) is 3.83. The van der Waals surface area contributed by atoms with E-state index in [0.29, 0.717) is 18.5 Å². The summed E-state index contributed by atoms with van der Waals surface area (Å²) in [5.74, 6) is -2.01. The summed E-state index contributed by atoms with van der Waals surface area (Å²) in [6, 6.07) is 7.29. The summed E-state index contributed by atoms with van der Waals surface area (Å²) in [7, 11) is -4.08. The maximum absolute atomic E-state index is 14.5. The second-order valence-electron chi connectivity index (χ2n) is 7.24. The van der Waals surface area contributed by atoms with E-state index in [-0.39, 0.29) is 17.3 Å². The van der Waals surface area contributed by atoms with E-state index in [1.54, 1.807) is 6.92 Å². The SMILES string of the molecule is CC[C@H]1CCCCN1S(=O)(=O)c1cc(C(=O)Nc2ccc(C)c(F)c2)ccc1F. The summed E-state index contributed by atoms with van der Waals surface area (Å²) < 4.78 is 55.7. The van der Waals surface area contributed by atoms with Crippen LogP contribution in [0.5, 0.6) is 0 Å². The molecule has 156 valence electrons. The van der Waals surface area contributed by atoms with Gasteiger partial charge >= 0.3 is 0 Å². The molecule has 1 saturated heterocycles. The number of nitrogens with one attached hydrogen (secondary N) is 1. The average Bonchev–Trinajstić information content (AvgIpc) is 2.70. The zero-order valence-electron chi connectivity index (χ0n) is 16.4. The van der Waals surface area contributed by atoms with Gasteiger partial charge in [-0.1, -0.05) is 19.4 Å². The fraction of sp³-hybridized carbons (Fsp3) is 0.381. The highest BCUT2D eigenvalue weighted by Gasteiger charge is 2.34. The van der Waals surface area contributed by atoms with Crippen molar-refractivity contribution in [1.82, 2.24) is 4.31 Å². The molecule has 1 heterocycles. The molecular weight excluding hydrogens is 398 g/mol. The third kappa shape index (κ3) is 4.48. The van der Waals surface area contributed by atoms with Gasteiger partial charge in [-0.3, -0.25) is 4.79 Å². The van der Waals surface area contributed by atoms with E-state index >= 15 is 0 Å². The standard InChI is InChI=1S/C21H24F2N2O3S/c1-3-17-6-4-5-11-25(17)29(27,28)20-12-15(8-10-18(20)22)21(26)24-16-9-7-14(2)19(23)13-16/h7-10,12-13,17H,3-6,11H2,1-2H3,(H,24,26)/t17-/m0/s1. The lowest BCUT2D eigenvalue weighted by Crippen LogP contribution is -2.43. The van der Waals surface area contributed by atoms with Crippen LogP contribution in [-0.4, -0.2) is 31.2 Å². The molecule has 2 aromatic carbocycles. The van der Waals surface area contributed by atoms with Crippen molar-refractivity contribution in [2.75, 3.05) is 11.9 Å². The smallest absolute Gasteiger partial charge is 0.255 e. The van der Waals surface area contributed by atoms with E-state index in [1.807, 2.05) is 6.92 Å². The van der Waals surface area contributed by atoms with Crippen LogP contribution in [-0.2, 0) is 10.0 Å². The van der Waals surface area contributed by atoms with Crippen molar-refractivity contribution in [2.24, 2.45) is 0 Å². The molecular formula is C21H24F2N2O3S. The Hall–Kier alpha value is -2.32. The lowest BCUT2D eigenvalue weighted by Gasteiger charge is -2.34. The van der Waals surface area contributed by atoms with Gasteiger partial charge in [0.25, 0.3) is 5.91 Å². The minimum absolute atomic E-state index is 0.0176. The van der Waals surface area contributed by atoms with Gasteiger partial charge in [-0.15, -0.1) is 0 Å². The zero-order chi connectivity index (χ0) is 21.2. The number of rotatable bonds is 5. The molecule has 5 nitrogen and oxygen atoms in total. The quantitative estimate of drug-likeness (QED) is 0.773. The molecule has 29 heavy (non-hydrogen) atoms. The molecule has 1 atom stereocenters. The fourth-order valence-corrected chi connectivity index (χ4v) is 5.40. The molecule has 3 rings (SSSR count). The van der Waals surface area contributed by atoms with Gasteiger partial charge in [0.2, 0.25) is 10.0 Å². The Labute approximate surface area is 169 Å². The highest BCUT2D eigenvalue weighted by Crippen LogP contribution is 2.29. The molecule has 1 fully saturated rings. The lowest BCUT2D eigenvalue weighted by molar-refractivity contribution is 0.102. The van der Waals surface area contributed by atoms with Crippen molar-refractivity contribution in [3.8, 4) is 0 Å². The van der Waals surface area contributed by atoms with Gasteiger partial charge in [0.1, 0.15) is 16.5 Å². The monoisotopic (exact) mass is 422 g/mol. The van der Waals surface area contributed by atoms with Crippen LogP contribution in [0.2, 0.25) is 0 Å². The molecule has 1 N–H and O–H groups in total. The molecule has 0 aliphatic carbocycles. The molecule has 0 spiro atoms. The van der Waals surface area contributed by atoms with Gasteiger partial charge in [0.05, 0.1) is 0 Å². The predicted molar refractivity (Wildman–Crippen MR) is 107 cm³/mol. The van der Waals surface area contributed by atoms with Gasteiger partial charge in [-0.2, -0.15) is 4.31 Å². The number of carbonyl (C=O) groups is 1. The average molecular weight is 422 g/mol. The number of hydrogen-bond donors (Lipinski definition) is 1. The van der Waals surface area contributed by atoms with Crippen molar-refractivity contribution >= 4 is 21.6 Å². The molecule has 0 bridgehead atoms. The highest BCUT2D eigenvalue weighted by atomic mass is 32.2. The number of amides is 1. The third-order valence-electron chi connectivity index (χ3n) is 5.25. The van der Waals surface area contributed by atoms with Gasteiger partial charge in [-0.25, -0.2) is 17.2 Å². The third-order valence-corrected chi connectivity index (χ3v) is 7.22. The van der Waals surface area contributed by atoms with Crippen LogP contribution in [0.15, 0.2) is 41.3 Å². The topological polar surface area (TPSA) is 66.5 Å². The van der Waals surface area contributed by atoms with Crippen molar-refractivity contribution in [3.63, 3.8) is 0 Å². The van der Waals surface area contributed by atoms with Gasteiger partial charge in [-0.05, 0) is 62.1 Å². The molecule has 1 aliphatic heterocycles. The number of piperidine rings is 1. The van der Waals surface area contributed by atoms with Gasteiger partial charge in [0, 0.05) is 23.8 Å². The van der Waals surface area contributed by atoms with Crippen LogP contribution in [0.25, 0.3) is 0 Å². The van der Waals surface area contributed by atoms with E-state index < -0.39 is 32.5 Å². The second-order valence-corrected chi connectivity index (χ2v) is 9.10. The second kappa shape index (κ2) is 8.59. The number of aryl methyl sites for hydroxylation is 1. The van der Waals surface area contributed by atoms with Crippen LogP contribution >= 0.6 is 0 Å². The minimum Gasteiger partial charge on any atom is -0.322 e. The van der Waals surface area contributed by atoms with Crippen molar-refractivity contribution in [3.05, 3.63) is 59.2 Å². The molecule has 0 saturated carbocycles. The molecule has 8 heteroatoms. The Morgan fingerprint density at radius 3 is 2.59 bits per heavy atom. The molecule has 2 aromatic rings. The maximum atomic E-state index is 14.5. The number of benzene rings is 2. The van der Waals surface area contributed by atoms with E-state index in [2.05, 4.69) is 5.32 Å². The number of hydrogen-bond acceptors (Lipinski definition) is 3. The number of carbonyl (C=O) groups excluding carboxylic acids is 1. The van der Waals surface area contributed by atoms with Gasteiger partial charge in [0.15, 0.2) is 0 Å². The van der Waals surface area contributed by atoms with Crippen LogP contribution in [0.4, 0.5) is 14.5 Å². The summed E-state index contributed by atoms with van der Waals surface area (Å²) in [6.07, 6.45) is 3.02. The predicted octanol–water partition coefficient (Wildman–Crippen LogP) is 4.48. The Balaban J connectivity index is 1.90. The Kier molecular flexibility index (Phi) is 6.33. The minimum atomic E-state index is -4.08. The molecule has 0 unspecified atom stereocenters. The summed E-state index contributed by atoms with van der Waals surface area (Å²) in [5, 5.41) is 2.51. The summed E-state index contributed by atoms with van der Waals surface area (Å²) >= 11 is 0. The largest absolute Gasteiger partial charge is 0.322 e. The molecule has 0 aromatic heterocycles. The Morgan fingerprint density at radius 2 is 1.90 bits per heavy atom. The first kappa shape index (κ1) is 21.4. The highest BCUT2D eigenvalue weighted by molar-refractivity contribution is 7.89. The first-order valence-electron chi connectivity index (χ1n) is 9.63. The molecule has 1 amide bonds. The number of nitrogens with zero attached hydrogens (tertiary/aromatic N) is 1. The summed E-state index contributed by atoms with van der Waals surface area (Å²) in [5.41, 5.74) is 0.648. The van der Waals surface area contributed by atoms with Gasteiger partial charge < -0.3 is 5.32 Å². The van der Waals surface area contributed by atoms with E-state index in [4.69, 9.17) is 0 Å². The first-order chi connectivity index (χ1) is 13.7. The normalized spacial score (nSPS) is 17.9. The maximum Gasteiger partial charge on any atom is 0.255 e. The number of halogens is 2. The Bertz CT molecular complexity index is 1020.